The second kappa shape index (κ2) is 11.2. The van der Waals surface area contributed by atoms with Crippen LogP contribution >= 0.6 is 0 Å². The fourth-order valence-electron chi connectivity index (χ4n) is 4.25. The zero-order valence-corrected chi connectivity index (χ0v) is 19.8. The van der Waals surface area contributed by atoms with Gasteiger partial charge in [-0.1, -0.05) is 18.6 Å². The van der Waals surface area contributed by atoms with Gasteiger partial charge in [-0.15, -0.1) is 0 Å². The van der Waals surface area contributed by atoms with Crippen LogP contribution in [-0.2, 0) is 17.5 Å². The van der Waals surface area contributed by atoms with Gasteiger partial charge in [0.15, 0.2) is 11.5 Å². The van der Waals surface area contributed by atoms with Gasteiger partial charge in [0, 0.05) is 25.3 Å². The Labute approximate surface area is 201 Å². The molecule has 1 saturated heterocycles. The SMILES string of the molecule is CCOCCn1c(=O)c(NCCN2CCCCC2)nc2ccc(-c3ccc(C(F)(F)F)cc3)nc21. The van der Waals surface area contributed by atoms with E-state index in [0.29, 0.717) is 42.2 Å². The standard InChI is InChI=1S/C25H30F3N5O2/c1-2-35-17-16-33-23-21(30-22(24(33)34)29-12-15-32-13-4-3-5-14-32)11-10-20(31-23)18-6-8-19(9-7-18)25(26,27)28/h6-11H,2-5,12-17H2,1H3,(H,29,30). The maximum absolute atomic E-state index is 13.3. The van der Waals surface area contributed by atoms with Gasteiger partial charge in [-0.05, 0) is 57.1 Å². The van der Waals surface area contributed by atoms with Crippen molar-refractivity contribution in [2.45, 2.75) is 38.9 Å². The molecule has 1 fully saturated rings. The first-order valence-corrected chi connectivity index (χ1v) is 12.0. The summed E-state index contributed by atoms with van der Waals surface area (Å²) in [7, 11) is 0. The van der Waals surface area contributed by atoms with Crippen LogP contribution in [0.4, 0.5) is 19.0 Å². The molecule has 3 aromatic rings. The molecule has 1 aliphatic heterocycles. The third-order valence-electron chi connectivity index (χ3n) is 6.13. The van der Waals surface area contributed by atoms with Crippen LogP contribution < -0.4 is 10.9 Å². The number of rotatable bonds is 9. The first-order valence-electron chi connectivity index (χ1n) is 12.0. The Kier molecular flexibility index (Phi) is 8.02. The number of nitrogens with zero attached hydrogens (tertiary/aromatic N) is 4. The molecule has 0 unspecified atom stereocenters. The molecule has 0 spiro atoms. The van der Waals surface area contributed by atoms with Gasteiger partial charge in [-0.25, -0.2) is 9.97 Å². The van der Waals surface area contributed by atoms with Gasteiger partial charge in [-0.3, -0.25) is 9.36 Å². The average Bonchev–Trinajstić information content (AvgIpc) is 2.86. The van der Waals surface area contributed by atoms with Gasteiger partial charge in [0.2, 0.25) is 0 Å². The minimum Gasteiger partial charge on any atom is -0.380 e. The van der Waals surface area contributed by atoms with Gasteiger partial charge in [0.25, 0.3) is 5.56 Å². The Morgan fingerprint density at radius 3 is 2.43 bits per heavy atom. The van der Waals surface area contributed by atoms with Crippen LogP contribution in [0.3, 0.4) is 0 Å². The number of benzene rings is 1. The Hall–Kier alpha value is -2.98. The number of alkyl halides is 3. The number of piperidine rings is 1. The van der Waals surface area contributed by atoms with Crippen LogP contribution in [0.5, 0.6) is 0 Å². The van der Waals surface area contributed by atoms with E-state index in [2.05, 4.69) is 20.2 Å². The lowest BCUT2D eigenvalue weighted by atomic mass is 10.1. The van der Waals surface area contributed by atoms with E-state index in [4.69, 9.17) is 4.74 Å². The smallest absolute Gasteiger partial charge is 0.380 e. The molecule has 0 amide bonds. The van der Waals surface area contributed by atoms with E-state index in [1.54, 1.807) is 12.1 Å². The minimum atomic E-state index is -4.41. The first-order chi connectivity index (χ1) is 16.9. The topological polar surface area (TPSA) is 72.3 Å². The summed E-state index contributed by atoms with van der Waals surface area (Å²) in [6.07, 6.45) is -0.741. The maximum Gasteiger partial charge on any atom is 0.416 e. The molecule has 188 valence electrons. The number of ether oxygens (including phenoxy) is 1. The third kappa shape index (κ3) is 6.18. The largest absolute Gasteiger partial charge is 0.416 e. The van der Waals surface area contributed by atoms with Gasteiger partial charge in [-0.2, -0.15) is 13.2 Å². The number of anilines is 1. The Balaban J connectivity index is 1.62. The molecule has 10 heteroatoms. The van der Waals surface area contributed by atoms with Crippen molar-refractivity contribution >= 4 is 17.0 Å². The number of pyridine rings is 1. The summed E-state index contributed by atoms with van der Waals surface area (Å²) >= 11 is 0. The zero-order chi connectivity index (χ0) is 24.8. The van der Waals surface area contributed by atoms with Crippen LogP contribution in [0.15, 0.2) is 41.2 Å². The molecule has 3 heterocycles. The van der Waals surface area contributed by atoms with E-state index >= 15 is 0 Å². The Morgan fingerprint density at radius 2 is 1.74 bits per heavy atom. The highest BCUT2D eigenvalue weighted by molar-refractivity contribution is 5.76. The number of hydrogen-bond donors (Lipinski definition) is 1. The maximum atomic E-state index is 13.3. The van der Waals surface area contributed by atoms with E-state index < -0.39 is 11.7 Å². The van der Waals surface area contributed by atoms with Crippen LogP contribution in [0.1, 0.15) is 31.7 Å². The van der Waals surface area contributed by atoms with Crippen LogP contribution in [-0.4, -0.2) is 58.8 Å². The van der Waals surface area contributed by atoms with E-state index in [1.165, 1.54) is 36.0 Å². The van der Waals surface area contributed by atoms with Gasteiger partial charge in [0.05, 0.1) is 24.4 Å². The van der Waals surface area contributed by atoms with Crippen molar-refractivity contribution in [2.75, 3.05) is 44.7 Å². The molecule has 1 aromatic carbocycles. The van der Waals surface area contributed by atoms with E-state index in [-0.39, 0.29) is 17.9 Å². The summed E-state index contributed by atoms with van der Waals surface area (Å²) in [6, 6.07) is 8.25. The molecule has 1 N–H and O–H groups in total. The summed E-state index contributed by atoms with van der Waals surface area (Å²) < 4.78 is 45.8. The lowest BCUT2D eigenvalue weighted by Gasteiger charge is -2.26. The highest BCUT2D eigenvalue weighted by Gasteiger charge is 2.30. The van der Waals surface area contributed by atoms with Crippen molar-refractivity contribution in [1.82, 2.24) is 19.4 Å². The summed E-state index contributed by atoms with van der Waals surface area (Å²) in [4.78, 5) is 24.8. The average molecular weight is 490 g/mol. The number of aromatic nitrogens is 3. The number of likely N-dealkylation sites (tertiary alicyclic amines) is 1. The quantitative estimate of drug-likeness (QED) is 0.449. The lowest BCUT2D eigenvalue weighted by molar-refractivity contribution is -0.137. The minimum absolute atomic E-state index is 0.259. The van der Waals surface area contributed by atoms with Crippen molar-refractivity contribution in [2.24, 2.45) is 0 Å². The van der Waals surface area contributed by atoms with Gasteiger partial charge < -0.3 is 15.0 Å². The van der Waals surface area contributed by atoms with Crippen molar-refractivity contribution in [3.63, 3.8) is 0 Å². The molecule has 7 nitrogen and oxygen atoms in total. The monoisotopic (exact) mass is 489 g/mol. The molecule has 0 aliphatic carbocycles. The number of halogens is 3. The van der Waals surface area contributed by atoms with Gasteiger partial charge in [0.1, 0.15) is 5.52 Å². The summed E-state index contributed by atoms with van der Waals surface area (Å²) in [6.45, 7) is 6.60. The van der Waals surface area contributed by atoms with E-state index in [0.717, 1.165) is 31.8 Å². The molecular weight excluding hydrogens is 459 g/mol. The Morgan fingerprint density at radius 1 is 1.00 bits per heavy atom. The fraction of sp³-hybridized carbons (Fsp3) is 0.480. The highest BCUT2D eigenvalue weighted by atomic mass is 19.4. The Bertz CT molecular complexity index is 1190. The predicted octanol–water partition coefficient (Wildman–Crippen LogP) is 4.41. The fourth-order valence-corrected chi connectivity index (χ4v) is 4.25. The van der Waals surface area contributed by atoms with Gasteiger partial charge >= 0.3 is 6.18 Å². The van der Waals surface area contributed by atoms with Crippen LogP contribution in [0.25, 0.3) is 22.4 Å². The van der Waals surface area contributed by atoms with Crippen LogP contribution in [0, 0.1) is 0 Å². The number of hydrogen-bond acceptors (Lipinski definition) is 6. The van der Waals surface area contributed by atoms with E-state index in [9.17, 15) is 18.0 Å². The second-order valence-corrected chi connectivity index (χ2v) is 8.56. The third-order valence-corrected chi connectivity index (χ3v) is 6.13. The molecule has 0 saturated carbocycles. The van der Waals surface area contributed by atoms with Crippen molar-refractivity contribution in [1.29, 1.82) is 0 Å². The molecular formula is C25H30F3N5O2. The molecule has 0 atom stereocenters. The molecule has 4 rings (SSSR count). The zero-order valence-electron chi connectivity index (χ0n) is 19.8. The van der Waals surface area contributed by atoms with Crippen LogP contribution in [0.2, 0.25) is 0 Å². The molecule has 0 radical (unpaired) electrons. The summed E-state index contributed by atoms with van der Waals surface area (Å²) in [5, 5.41) is 3.19. The van der Waals surface area contributed by atoms with Crippen molar-refractivity contribution < 1.29 is 17.9 Å². The van der Waals surface area contributed by atoms with Crippen molar-refractivity contribution in [3.05, 3.63) is 52.3 Å². The second-order valence-electron chi connectivity index (χ2n) is 8.56. The molecule has 2 aromatic heterocycles. The lowest BCUT2D eigenvalue weighted by Crippen LogP contribution is -2.35. The first kappa shape index (κ1) is 25.1. The van der Waals surface area contributed by atoms with Crippen molar-refractivity contribution in [3.8, 4) is 11.3 Å². The molecule has 1 aliphatic rings. The predicted molar refractivity (Wildman–Crippen MR) is 130 cm³/mol. The highest BCUT2D eigenvalue weighted by Crippen LogP contribution is 2.31. The molecule has 35 heavy (non-hydrogen) atoms. The number of nitrogens with one attached hydrogen (secondary N) is 1. The number of fused-ring (bicyclic) bond motifs is 1. The molecule has 0 bridgehead atoms. The normalized spacial score (nSPS) is 15.0. The van der Waals surface area contributed by atoms with E-state index in [1.807, 2.05) is 6.92 Å². The summed E-state index contributed by atoms with van der Waals surface area (Å²) in [5.74, 6) is 0.259. The summed E-state index contributed by atoms with van der Waals surface area (Å²) in [5.41, 5.74) is 0.854.